The van der Waals surface area contributed by atoms with Crippen molar-refractivity contribution in [2.75, 3.05) is 18.4 Å². The molecule has 0 atom stereocenters. The monoisotopic (exact) mass is 262 g/mol. The lowest BCUT2D eigenvalue weighted by atomic mass is 10.1. The van der Waals surface area contributed by atoms with Crippen LogP contribution < -0.4 is 5.32 Å². The first-order valence-electron chi connectivity index (χ1n) is 6.86. The summed E-state index contributed by atoms with van der Waals surface area (Å²) in [6.45, 7) is 7.79. The van der Waals surface area contributed by atoms with Gasteiger partial charge in [-0.3, -0.25) is 4.79 Å². The van der Waals surface area contributed by atoms with Crippen molar-refractivity contribution in [3.8, 4) is 0 Å². The van der Waals surface area contributed by atoms with Gasteiger partial charge < -0.3 is 10.2 Å². The Labute approximate surface area is 114 Å². The van der Waals surface area contributed by atoms with Crippen LogP contribution in [0.25, 0.3) is 0 Å². The Morgan fingerprint density at radius 1 is 1.26 bits per heavy atom. The minimum Gasteiger partial charge on any atom is -0.350 e. The molecule has 0 spiro atoms. The predicted molar refractivity (Wildman–Crippen MR) is 75.2 cm³/mol. The third-order valence-electron chi connectivity index (χ3n) is 3.00. The van der Waals surface area contributed by atoms with Gasteiger partial charge in [0.15, 0.2) is 0 Å². The Hall–Kier alpha value is -1.65. The fraction of sp³-hybridized carbons (Fsp3) is 0.643. The van der Waals surface area contributed by atoms with Gasteiger partial charge in [0, 0.05) is 24.8 Å². The number of nitrogens with zero attached hydrogens (tertiary/aromatic N) is 3. The predicted octanol–water partition coefficient (Wildman–Crippen LogP) is 2.31. The maximum absolute atomic E-state index is 12.3. The van der Waals surface area contributed by atoms with Gasteiger partial charge in [0.2, 0.25) is 5.95 Å². The molecular formula is C14H22N4O. The molecule has 1 aliphatic rings. The average molecular weight is 262 g/mol. The Morgan fingerprint density at radius 2 is 1.95 bits per heavy atom. The van der Waals surface area contributed by atoms with Crippen LogP contribution in [0.5, 0.6) is 0 Å². The van der Waals surface area contributed by atoms with Gasteiger partial charge in [0.05, 0.1) is 0 Å². The van der Waals surface area contributed by atoms with Crippen molar-refractivity contribution in [2.24, 2.45) is 0 Å². The number of nitrogens with one attached hydrogen (secondary N) is 1. The summed E-state index contributed by atoms with van der Waals surface area (Å²) in [6, 6.07) is 1.69. The fourth-order valence-electron chi connectivity index (χ4n) is 2.13. The molecule has 104 valence electrons. The van der Waals surface area contributed by atoms with E-state index in [9.17, 15) is 4.79 Å². The Balaban J connectivity index is 2.11. The lowest BCUT2D eigenvalue weighted by Gasteiger charge is -2.26. The van der Waals surface area contributed by atoms with Gasteiger partial charge in [-0.25, -0.2) is 9.97 Å². The molecule has 1 aromatic heterocycles. The van der Waals surface area contributed by atoms with Crippen molar-refractivity contribution >= 4 is 11.9 Å². The maximum Gasteiger partial charge on any atom is 0.272 e. The summed E-state index contributed by atoms with van der Waals surface area (Å²) >= 11 is 0. The minimum absolute atomic E-state index is 0.0130. The SMILES string of the molecule is CC(C)(C)Nc1nccc(C(=O)N2CCCCC2)n1. The molecule has 1 amide bonds. The molecular weight excluding hydrogens is 240 g/mol. The van der Waals surface area contributed by atoms with E-state index in [1.54, 1.807) is 12.3 Å². The number of carbonyl (C=O) groups is 1. The number of amides is 1. The van der Waals surface area contributed by atoms with Crippen LogP contribution in [0.2, 0.25) is 0 Å². The van der Waals surface area contributed by atoms with E-state index in [1.807, 2.05) is 25.7 Å². The summed E-state index contributed by atoms with van der Waals surface area (Å²) in [5.74, 6) is 0.523. The molecule has 1 fully saturated rings. The average Bonchev–Trinajstić information content (AvgIpc) is 2.37. The second-order valence-corrected chi connectivity index (χ2v) is 5.99. The lowest BCUT2D eigenvalue weighted by molar-refractivity contribution is 0.0718. The van der Waals surface area contributed by atoms with Crippen molar-refractivity contribution in [1.29, 1.82) is 0 Å². The van der Waals surface area contributed by atoms with Gasteiger partial charge in [0.25, 0.3) is 5.91 Å². The van der Waals surface area contributed by atoms with Gasteiger partial charge in [-0.05, 0) is 46.1 Å². The highest BCUT2D eigenvalue weighted by atomic mass is 16.2. The zero-order chi connectivity index (χ0) is 13.9. The zero-order valence-corrected chi connectivity index (χ0v) is 11.9. The number of aromatic nitrogens is 2. The molecule has 2 heterocycles. The normalized spacial score (nSPS) is 16.3. The van der Waals surface area contributed by atoms with Crippen LogP contribution in [0, 0.1) is 0 Å². The van der Waals surface area contributed by atoms with Crippen molar-refractivity contribution < 1.29 is 4.79 Å². The largest absolute Gasteiger partial charge is 0.350 e. The van der Waals surface area contributed by atoms with E-state index >= 15 is 0 Å². The highest BCUT2D eigenvalue weighted by molar-refractivity contribution is 5.92. The molecule has 1 aromatic rings. The van der Waals surface area contributed by atoms with Crippen LogP contribution in [0.3, 0.4) is 0 Å². The smallest absolute Gasteiger partial charge is 0.272 e. The molecule has 0 aliphatic carbocycles. The van der Waals surface area contributed by atoms with Gasteiger partial charge >= 0.3 is 0 Å². The van der Waals surface area contributed by atoms with E-state index < -0.39 is 0 Å². The first-order chi connectivity index (χ1) is 8.96. The van der Waals surface area contributed by atoms with Crippen molar-refractivity contribution in [2.45, 2.75) is 45.6 Å². The van der Waals surface area contributed by atoms with E-state index in [0.717, 1.165) is 25.9 Å². The van der Waals surface area contributed by atoms with E-state index in [2.05, 4.69) is 15.3 Å². The van der Waals surface area contributed by atoms with Gasteiger partial charge in [-0.1, -0.05) is 0 Å². The quantitative estimate of drug-likeness (QED) is 0.888. The number of hydrogen-bond donors (Lipinski definition) is 1. The van der Waals surface area contributed by atoms with Crippen LogP contribution in [0.1, 0.15) is 50.5 Å². The first kappa shape index (κ1) is 13.8. The summed E-state index contributed by atoms with van der Waals surface area (Å²) in [6.07, 6.45) is 5.02. The number of piperidine rings is 1. The molecule has 5 nitrogen and oxygen atoms in total. The van der Waals surface area contributed by atoms with E-state index in [1.165, 1.54) is 6.42 Å². The highest BCUT2D eigenvalue weighted by Crippen LogP contribution is 2.14. The van der Waals surface area contributed by atoms with Crippen LogP contribution >= 0.6 is 0 Å². The summed E-state index contributed by atoms with van der Waals surface area (Å²) < 4.78 is 0. The third kappa shape index (κ3) is 3.91. The number of likely N-dealkylation sites (tertiary alicyclic amines) is 1. The van der Waals surface area contributed by atoms with Gasteiger partial charge in [-0.2, -0.15) is 0 Å². The molecule has 0 saturated carbocycles. The molecule has 0 unspecified atom stereocenters. The molecule has 19 heavy (non-hydrogen) atoms. The molecule has 2 rings (SSSR count). The molecule has 0 bridgehead atoms. The highest BCUT2D eigenvalue weighted by Gasteiger charge is 2.20. The van der Waals surface area contributed by atoms with Crippen LogP contribution in [-0.4, -0.2) is 39.4 Å². The van der Waals surface area contributed by atoms with Crippen LogP contribution in [0.4, 0.5) is 5.95 Å². The van der Waals surface area contributed by atoms with E-state index in [0.29, 0.717) is 11.6 Å². The molecule has 5 heteroatoms. The molecule has 1 aliphatic heterocycles. The minimum atomic E-state index is -0.118. The molecule has 1 saturated heterocycles. The van der Waals surface area contributed by atoms with Gasteiger partial charge in [0.1, 0.15) is 5.69 Å². The van der Waals surface area contributed by atoms with Crippen molar-refractivity contribution in [1.82, 2.24) is 14.9 Å². The standard InChI is InChI=1S/C14H22N4O/c1-14(2,3)17-13-15-8-7-11(16-13)12(19)18-9-5-4-6-10-18/h7-8H,4-6,9-10H2,1-3H3,(H,15,16,17). The Morgan fingerprint density at radius 3 is 2.58 bits per heavy atom. The summed E-state index contributed by atoms with van der Waals surface area (Å²) in [7, 11) is 0. The maximum atomic E-state index is 12.3. The van der Waals surface area contributed by atoms with Crippen LogP contribution in [-0.2, 0) is 0 Å². The number of rotatable bonds is 2. The fourth-order valence-corrected chi connectivity index (χ4v) is 2.13. The van der Waals surface area contributed by atoms with Crippen LogP contribution in [0.15, 0.2) is 12.3 Å². The van der Waals surface area contributed by atoms with Crippen molar-refractivity contribution in [3.63, 3.8) is 0 Å². The zero-order valence-electron chi connectivity index (χ0n) is 11.9. The van der Waals surface area contributed by atoms with E-state index in [-0.39, 0.29) is 11.4 Å². The molecule has 1 N–H and O–H groups in total. The van der Waals surface area contributed by atoms with Crippen molar-refractivity contribution in [3.05, 3.63) is 18.0 Å². The number of carbonyl (C=O) groups excluding carboxylic acids is 1. The van der Waals surface area contributed by atoms with E-state index in [4.69, 9.17) is 0 Å². The Kier molecular flexibility index (Phi) is 4.02. The molecule has 0 aromatic carbocycles. The lowest BCUT2D eigenvalue weighted by Crippen LogP contribution is -2.36. The topological polar surface area (TPSA) is 58.1 Å². The molecule has 0 radical (unpaired) electrons. The third-order valence-corrected chi connectivity index (χ3v) is 3.00. The Bertz CT molecular complexity index is 447. The van der Waals surface area contributed by atoms with Gasteiger partial charge in [-0.15, -0.1) is 0 Å². The number of anilines is 1. The number of hydrogen-bond acceptors (Lipinski definition) is 4. The second kappa shape index (κ2) is 5.55. The first-order valence-corrected chi connectivity index (χ1v) is 6.86. The summed E-state index contributed by atoms with van der Waals surface area (Å²) in [5.41, 5.74) is 0.357. The summed E-state index contributed by atoms with van der Waals surface area (Å²) in [5, 5.41) is 3.19. The summed E-state index contributed by atoms with van der Waals surface area (Å²) in [4.78, 5) is 22.7. The second-order valence-electron chi connectivity index (χ2n) is 5.99.